The Morgan fingerprint density at radius 3 is 1.20 bits per heavy atom. The molecule has 13 rings (SSSR count). The van der Waals surface area contributed by atoms with Gasteiger partial charge in [-0.15, -0.1) is 0 Å². The van der Waals surface area contributed by atoms with Crippen LogP contribution in [-0.2, 0) is 5.41 Å². The van der Waals surface area contributed by atoms with Crippen molar-refractivity contribution < 1.29 is 0 Å². The van der Waals surface area contributed by atoms with Gasteiger partial charge < -0.3 is 0 Å². The molecule has 10 aromatic carbocycles. The van der Waals surface area contributed by atoms with E-state index in [1.165, 1.54) is 44.5 Å². The molecule has 1 aliphatic rings. The summed E-state index contributed by atoms with van der Waals surface area (Å²) in [5.74, 6) is 1.79. The van der Waals surface area contributed by atoms with E-state index in [0.29, 0.717) is 17.6 Å². The van der Waals surface area contributed by atoms with Gasteiger partial charge in [-0.1, -0.05) is 214 Å². The fourth-order valence-electron chi connectivity index (χ4n) is 10.6. The molecule has 0 saturated carbocycles. The topological polar surface area (TPSA) is 43.6 Å². The first kappa shape index (κ1) is 41.2. The molecule has 0 saturated heterocycles. The number of fused-ring (bicyclic) bond motifs is 6. The smallest absolute Gasteiger partial charge is 0.238 e. The molecule has 0 fully saturated rings. The van der Waals surface area contributed by atoms with Crippen LogP contribution in [0.25, 0.3) is 117 Å². The molecule has 1 aliphatic carbocycles. The number of hydrogen-bond donors (Lipinski definition) is 0. The normalized spacial score (nSPS) is 12.5. The van der Waals surface area contributed by atoms with E-state index >= 15 is 0 Å². The lowest BCUT2D eigenvalue weighted by atomic mass is 9.82. The maximum Gasteiger partial charge on any atom is 0.238 e. The third-order valence-electron chi connectivity index (χ3n) is 14.3. The highest BCUT2D eigenvalue weighted by atomic mass is 15.2. The molecular formula is C66H46N4. The first-order valence-corrected chi connectivity index (χ1v) is 24.0. The Balaban J connectivity index is 1.05. The first-order valence-electron chi connectivity index (χ1n) is 24.0. The zero-order chi connectivity index (χ0) is 46.8. The molecule has 0 amide bonds. The Kier molecular flexibility index (Phi) is 9.81. The second kappa shape index (κ2) is 16.7. The molecule has 0 bridgehead atoms. The molecule has 0 unspecified atom stereocenters. The van der Waals surface area contributed by atoms with Crippen LogP contribution in [0.4, 0.5) is 0 Å². The molecule has 330 valence electrons. The highest BCUT2D eigenvalue weighted by Crippen LogP contribution is 2.51. The van der Waals surface area contributed by atoms with E-state index in [9.17, 15) is 0 Å². The quantitative estimate of drug-likeness (QED) is 0.153. The predicted molar refractivity (Wildman–Crippen MR) is 290 cm³/mol. The van der Waals surface area contributed by atoms with Crippen molar-refractivity contribution in [1.82, 2.24) is 19.5 Å². The third kappa shape index (κ3) is 7.12. The first-order chi connectivity index (χ1) is 34.4. The second-order valence-corrected chi connectivity index (χ2v) is 18.9. The van der Waals surface area contributed by atoms with Gasteiger partial charge in [0.15, 0.2) is 11.6 Å². The monoisotopic (exact) mass is 894 g/mol. The summed E-state index contributed by atoms with van der Waals surface area (Å²) in [6.07, 6.45) is 0. The summed E-state index contributed by atoms with van der Waals surface area (Å²) in [6.45, 7) is 4.69. The minimum absolute atomic E-state index is 0.214. The van der Waals surface area contributed by atoms with Gasteiger partial charge in [-0.25, -0.2) is 4.98 Å². The number of hydrogen-bond acceptors (Lipinski definition) is 3. The van der Waals surface area contributed by atoms with E-state index in [0.717, 1.165) is 66.3 Å². The lowest BCUT2D eigenvalue weighted by molar-refractivity contribution is 0.661. The van der Waals surface area contributed by atoms with Crippen LogP contribution in [0.1, 0.15) is 25.0 Å². The zero-order valence-corrected chi connectivity index (χ0v) is 38.9. The van der Waals surface area contributed by atoms with E-state index in [-0.39, 0.29) is 5.41 Å². The highest BCUT2D eigenvalue weighted by Gasteiger charge is 2.36. The highest BCUT2D eigenvalue weighted by molar-refractivity contribution is 6.12. The van der Waals surface area contributed by atoms with Gasteiger partial charge in [0.1, 0.15) is 0 Å². The molecule has 2 heterocycles. The summed E-state index contributed by atoms with van der Waals surface area (Å²) in [7, 11) is 0. The number of rotatable bonds is 8. The van der Waals surface area contributed by atoms with Crippen LogP contribution in [0.5, 0.6) is 0 Å². The number of benzene rings is 10. The molecule has 0 radical (unpaired) electrons. The Hall–Kier alpha value is -8.99. The van der Waals surface area contributed by atoms with Crippen molar-refractivity contribution in [2.75, 3.05) is 0 Å². The molecular weight excluding hydrogens is 849 g/mol. The molecule has 12 aromatic rings. The van der Waals surface area contributed by atoms with Crippen molar-refractivity contribution in [3.8, 4) is 95.5 Å². The molecule has 2 aromatic heterocycles. The lowest BCUT2D eigenvalue weighted by Gasteiger charge is -2.21. The van der Waals surface area contributed by atoms with Gasteiger partial charge in [-0.2, -0.15) is 9.97 Å². The fraction of sp³-hybridized carbons (Fsp3) is 0.0455. The van der Waals surface area contributed by atoms with Crippen LogP contribution >= 0.6 is 0 Å². The molecule has 0 spiro atoms. The summed E-state index contributed by atoms with van der Waals surface area (Å²) in [4.78, 5) is 16.1. The number of nitrogens with zero attached hydrogens (tertiary/aromatic N) is 4. The van der Waals surface area contributed by atoms with Crippen LogP contribution in [0, 0.1) is 0 Å². The fourth-order valence-corrected chi connectivity index (χ4v) is 10.6. The Bertz CT molecular complexity index is 3760. The van der Waals surface area contributed by atoms with Gasteiger partial charge in [-0.05, 0) is 120 Å². The van der Waals surface area contributed by atoms with Gasteiger partial charge in [-0.3, -0.25) is 4.57 Å². The number of aromatic nitrogens is 4. The molecule has 0 N–H and O–H groups in total. The van der Waals surface area contributed by atoms with E-state index in [4.69, 9.17) is 15.0 Å². The summed E-state index contributed by atoms with van der Waals surface area (Å²) < 4.78 is 2.27. The van der Waals surface area contributed by atoms with Gasteiger partial charge in [0, 0.05) is 27.3 Å². The van der Waals surface area contributed by atoms with E-state index in [2.05, 4.69) is 249 Å². The predicted octanol–water partition coefficient (Wildman–Crippen LogP) is 16.9. The summed E-state index contributed by atoms with van der Waals surface area (Å²) in [6, 6.07) is 87.0. The van der Waals surface area contributed by atoms with Crippen LogP contribution in [-0.4, -0.2) is 19.5 Å². The largest absolute Gasteiger partial charge is 0.278 e. The Morgan fingerprint density at radius 1 is 0.286 bits per heavy atom. The maximum atomic E-state index is 5.42. The zero-order valence-electron chi connectivity index (χ0n) is 38.9. The summed E-state index contributed by atoms with van der Waals surface area (Å²) in [5, 5.41) is 2.28. The third-order valence-corrected chi connectivity index (χ3v) is 14.3. The van der Waals surface area contributed by atoms with Gasteiger partial charge in [0.05, 0.1) is 11.0 Å². The Morgan fingerprint density at radius 2 is 0.686 bits per heavy atom. The van der Waals surface area contributed by atoms with Crippen molar-refractivity contribution >= 4 is 21.8 Å². The minimum atomic E-state index is -0.214. The Labute approximate surface area is 407 Å². The van der Waals surface area contributed by atoms with Crippen molar-refractivity contribution in [3.63, 3.8) is 0 Å². The van der Waals surface area contributed by atoms with Crippen LogP contribution in [0.3, 0.4) is 0 Å². The summed E-state index contributed by atoms with van der Waals surface area (Å²) >= 11 is 0. The molecule has 0 atom stereocenters. The maximum absolute atomic E-state index is 5.42. The average molecular weight is 895 g/mol. The molecule has 70 heavy (non-hydrogen) atoms. The van der Waals surface area contributed by atoms with Crippen LogP contribution in [0.15, 0.2) is 243 Å². The summed E-state index contributed by atoms with van der Waals surface area (Å²) in [5.41, 5.74) is 20.5. The SMILES string of the molecule is CC1(C)c2ccccc2-c2cc3c4cc(-c5cc(-c6ccccc6)cc(-c6ccccc6)c5)ccc4n(-c4nc(-c5ccc(-c6ccccc6)cc5)nc(-c5ccc(-c6ccccc6)cc5)n4)c3cc21. The van der Waals surface area contributed by atoms with Gasteiger partial charge in [0.25, 0.3) is 0 Å². The molecule has 4 heteroatoms. The van der Waals surface area contributed by atoms with E-state index < -0.39 is 0 Å². The van der Waals surface area contributed by atoms with E-state index in [1.54, 1.807) is 0 Å². The van der Waals surface area contributed by atoms with Crippen molar-refractivity contribution in [1.29, 1.82) is 0 Å². The standard InChI is InChI=1S/C66H46N4/c1-66(2)59-26-16-15-25-55(59)56-41-58-57-40-51(54-38-52(45-21-11-5-12-22-45)37-53(39-54)46-23-13-6-14-24-46)35-36-61(57)70(62(58)42-60(56)66)65-68-63(49-31-27-47(28-32-49)43-17-7-3-8-18-43)67-64(69-65)50-33-29-48(30-34-50)44-19-9-4-10-20-44/h3-42H,1-2H3. The average Bonchev–Trinajstić information content (AvgIpc) is 3.87. The lowest BCUT2D eigenvalue weighted by Crippen LogP contribution is -2.15. The van der Waals surface area contributed by atoms with Crippen molar-refractivity contribution in [3.05, 3.63) is 254 Å². The molecule has 0 aliphatic heterocycles. The van der Waals surface area contributed by atoms with Crippen molar-refractivity contribution in [2.24, 2.45) is 0 Å². The van der Waals surface area contributed by atoms with Crippen LogP contribution < -0.4 is 0 Å². The molecule has 4 nitrogen and oxygen atoms in total. The second-order valence-electron chi connectivity index (χ2n) is 18.9. The van der Waals surface area contributed by atoms with Gasteiger partial charge >= 0.3 is 0 Å². The van der Waals surface area contributed by atoms with E-state index in [1.807, 2.05) is 12.1 Å². The van der Waals surface area contributed by atoms with Crippen LogP contribution in [0.2, 0.25) is 0 Å². The van der Waals surface area contributed by atoms with Crippen molar-refractivity contribution in [2.45, 2.75) is 19.3 Å². The van der Waals surface area contributed by atoms with Gasteiger partial charge in [0.2, 0.25) is 5.95 Å². The minimum Gasteiger partial charge on any atom is -0.278 e.